The number of fused-ring (bicyclic) bond motifs is 3. The molecular formula is C28H27N3O2. The largest absolute Gasteiger partial charge is 0.337 e. The van der Waals surface area contributed by atoms with Crippen LogP contribution in [0.25, 0.3) is 11.1 Å². The number of hydrogen-bond acceptors (Lipinski definition) is 3. The number of benzene rings is 3. The van der Waals surface area contributed by atoms with Gasteiger partial charge in [0, 0.05) is 49.4 Å². The first kappa shape index (κ1) is 20.2. The van der Waals surface area contributed by atoms with E-state index in [4.69, 9.17) is 0 Å². The standard InChI is InChI=1S/C28H27N3O2/c32-27(19-6-2-1-3-7-19)30-13-12-23(16-30)29-24-17-31(18-24)28(33)21-10-11-26-22(15-21)14-20-8-4-5-9-25(20)26/h1-11,15,23-24,29H,12-14,16-18H2/t23-/m0/s1. The van der Waals surface area contributed by atoms with Crippen molar-refractivity contribution in [3.8, 4) is 11.1 Å². The van der Waals surface area contributed by atoms with Crippen LogP contribution in [-0.2, 0) is 6.42 Å². The summed E-state index contributed by atoms with van der Waals surface area (Å²) in [4.78, 5) is 29.5. The van der Waals surface area contributed by atoms with Crippen LogP contribution in [0.5, 0.6) is 0 Å². The Hall–Kier alpha value is -3.44. The quantitative estimate of drug-likeness (QED) is 0.531. The van der Waals surface area contributed by atoms with Gasteiger partial charge in [0.1, 0.15) is 0 Å². The third kappa shape index (κ3) is 3.72. The molecule has 5 heteroatoms. The topological polar surface area (TPSA) is 52.7 Å². The Morgan fingerprint density at radius 2 is 1.39 bits per heavy atom. The summed E-state index contributed by atoms with van der Waals surface area (Å²) in [6.45, 7) is 2.94. The number of nitrogens with one attached hydrogen (secondary N) is 1. The summed E-state index contributed by atoms with van der Waals surface area (Å²) in [6.07, 6.45) is 1.85. The van der Waals surface area contributed by atoms with Gasteiger partial charge in [-0.25, -0.2) is 0 Å². The monoisotopic (exact) mass is 437 g/mol. The molecule has 3 aliphatic rings. The van der Waals surface area contributed by atoms with Crippen LogP contribution in [0.1, 0.15) is 38.3 Å². The fourth-order valence-electron chi connectivity index (χ4n) is 5.39. The number of likely N-dealkylation sites (tertiary alicyclic amines) is 2. The number of rotatable bonds is 4. The molecule has 3 aromatic rings. The molecule has 0 bridgehead atoms. The van der Waals surface area contributed by atoms with Crippen LogP contribution >= 0.6 is 0 Å². The molecule has 2 saturated heterocycles. The molecule has 0 radical (unpaired) electrons. The van der Waals surface area contributed by atoms with E-state index in [0.29, 0.717) is 12.1 Å². The summed E-state index contributed by atoms with van der Waals surface area (Å²) in [6, 6.07) is 24.7. The average Bonchev–Trinajstić information content (AvgIpc) is 3.45. The Balaban J connectivity index is 1.02. The summed E-state index contributed by atoms with van der Waals surface area (Å²) in [5.41, 5.74) is 6.64. The predicted octanol–water partition coefficient (Wildman–Crippen LogP) is 3.59. The van der Waals surface area contributed by atoms with Crippen molar-refractivity contribution in [1.29, 1.82) is 0 Å². The molecule has 5 nitrogen and oxygen atoms in total. The van der Waals surface area contributed by atoms with E-state index in [-0.39, 0.29) is 11.8 Å². The highest BCUT2D eigenvalue weighted by Crippen LogP contribution is 2.37. The summed E-state index contributed by atoms with van der Waals surface area (Å²) < 4.78 is 0. The van der Waals surface area contributed by atoms with Crippen molar-refractivity contribution >= 4 is 11.8 Å². The number of carbonyl (C=O) groups is 2. The van der Waals surface area contributed by atoms with E-state index in [1.807, 2.05) is 46.2 Å². The van der Waals surface area contributed by atoms with Gasteiger partial charge < -0.3 is 15.1 Å². The molecule has 1 aliphatic carbocycles. The van der Waals surface area contributed by atoms with Crippen LogP contribution in [0.15, 0.2) is 72.8 Å². The van der Waals surface area contributed by atoms with Gasteiger partial charge in [0.2, 0.25) is 0 Å². The Kier molecular flexibility index (Phi) is 4.99. The van der Waals surface area contributed by atoms with Gasteiger partial charge in [-0.2, -0.15) is 0 Å². The first-order chi connectivity index (χ1) is 16.2. The van der Waals surface area contributed by atoms with E-state index in [1.54, 1.807) is 0 Å². The zero-order chi connectivity index (χ0) is 22.4. The van der Waals surface area contributed by atoms with E-state index < -0.39 is 0 Å². The molecule has 2 aliphatic heterocycles. The number of amides is 2. The van der Waals surface area contributed by atoms with Crippen molar-refractivity contribution in [3.63, 3.8) is 0 Å². The van der Waals surface area contributed by atoms with E-state index >= 15 is 0 Å². The molecule has 1 atom stereocenters. The first-order valence-corrected chi connectivity index (χ1v) is 11.8. The molecule has 3 aromatic carbocycles. The van der Waals surface area contributed by atoms with E-state index in [9.17, 15) is 9.59 Å². The Bertz CT molecular complexity index is 1220. The van der Waals surface area contributed by atoms with Crippen molar-refractivity contribution in [2.24, 2.45) is 0 Å². The van der Waals surface area contributed by atoms with Gasteiger partial charge in [-0.05, 0) is 59.4 Å². The zero-order valence-electron chi connectivity index (χ0n) is 18.5. The summed E-state index contributed by atoms with van der Waals surface area (Å²) in [7, 11) is 0. The molecule has 2 fully saturated rings. The molecule has 0 aromatic heterocycles. The van der Waals surface area contributed by atoms with Crippen molar-refractivity contribution < 1.29 is 9.59 Å². The molecule has 0 unspecified atom stereocenters. The maximum Gasteiger partial charge on any atom is 0.253 e. The van der Waals surface area contributed by atoms with Crippen LogP contribution in [0, 0.1) is 0 Å². The maximum absolute atomic E-state index is 13.0. The third-order valence-electron chi connectivity index (χ3n) is 7.18. The summed E-state index contributed by atoms with van der Waals surface area (Å²) in [5, 5.41) is 3.65. The van der Waals surface area contributed by atoms with Crippen LogP contribution in [0.2, 0.25) is 0 Å². The second kappa shape index (κ2) is 8.16. The van der Waals surface area contributed by atoms with Crippen molar-refractivity contribution in [2.45, 2.75) is 24.9 Å². The Morgan fingerprint density at radius 3 is 2.24 bits per heavy atom. The summed E-state index contributed by atoms with van der Waals surface area (Å²) >= 11 is 0. The second-order valence-electron chi connectivity index (χ2n) is 9.38. The van der Waals surface area contributed by atoms with Gasteiger partial charge in [0.15, 0.2) is 0 Å². The van der Waals surface area contributed by atoms with E-state index in [2.05, 4.69) is 41.7 Å². The number of carbonyl (C=O) groups excluding carboxylic acids is 2. The minimum Gasteiger partial charge on any atom is -0.337 e. The van der Waals surface area contributed by atoms with Gasteiger partial charge in [0.25, 0.3) is 11.8 Å². The Morgan fingerprint density at radius 1 is 0.697 bits per heavy atom. The zero-order valence-corrected chi connectivity index (χ0v) is 18.5. The number of hydrogen-bond donors (Lipinski definition) is 1. The highest BCUT2D eigenvalue weighted by molar-refractivity contribution is 5.96. The van der Waals surface area contributed by atoms with Crippen LogP contribution in [-0.4, -0.2) is 59.9 Å². The molecule has 0 spiro atoms. The van der Waals surface area contributed by atoms with Crippen molar-refractivity contribution in [2.75, 3.05) is 26.2 Å². The van der Waals surface area contributed by atoms with Crippen molar-refractivity contribution in [1.82, 2.24) is 15.1 Å². The molecule has 2 heterocycles. The number of nitrogens with zero attached hydrogens (tertiary/aromatic N) is 2. The lowest BCUT2D eigenvalue weighted by atomic mass is 10.0. The molecule has 166 valence electrons. The lowest BCUT2D eigenvalue weighted by molar-refractivity contribution is 0.0552. The van der Waals surface area contributed by atoms with E-state index in [0.717, 1.165) is 50.1 Å². The summed E-state index contributed by atoms with van der Waals surface area (Å²) in [5.74, 6) is 0.211. The van der Waals surface area contributed by atoms with Gasteiger partial charge >= 0.3 is 0 Å². The fraction of sp³-hybridized carbons (Fsp3) is 0.286. The van der Waals surface area contributed by atoms with Crippen LogP contribution in [0.4, 0.5) is 0 Å². The average molecular weight is 438 g/mol. The van der Waals surface area contributed by atoms with Gasteiger partial charge in [0.05, 0.1) is 0 Å². The SMILES string of the molecule is O=C(c1ccc2c(c1)Cc1ccccc1-2)N1CC(N[C@H]2CCN(C(=O)c3ccccc3)C2)C1. The molecular weight excluding hydrogens is 410 g/mol. The molecule has 2 amide bonds. The van der Waals surface area contributed by atoms with Crippen LogP contribution in [0.3, 0.4) is 0 Å². The smallest absolute Gasteiger partial charge is 0.253 e. The van der Waals surface area contributed by atoms with Crippen LogP contribution < -0.4 is 5.32 Å². The molecule has 0 saturated carbocycles. The normalized spacial score (nSPS) is 19.2. The van der Waals surface area contributed by atoms with Crippen molar-refractivity contribution in [3.05, 3.63) is 95.1 Å². The highest BCUT2D eigenvalue weighted by Gasteiger charge is 2.35. The fourth-order valence-corrected chi connectivity index (χ4v) is 5.39. The first-order valence-electron chi connectivity index (χ1n) is 11.8. The molecule has 6 rings (SSSR count). The van der Waals surface area contributed by atoms with Gasteiger partial charge in [-0.3, -0.25) is 9.59 Å². The lowest BCUT2D eigenvalue weighted by Crippen LogP contribution is -2.62. The second-order valence-corrected chi connectivity index (χ2v) is 9.38. The van der Waals surface area contributed by atoms with Gasteiger partial charge in [-0.1, -0.05) is 48.5 Å². The lowest BCUT2D eigenvalue weighted by Gasteiger charge is -2.41. The Labute approximate surface area is 194 Å². The molecule has 1 N–H and O–H groups in total. The van der Waals surface area contributed by atoms with E-state index in [1.165, 1.54) is 22.3 Å². The minimum absolute atomic E-state index is 0.101. The minimum atomic E-state index is 0.101. The predicted molar refractivity (Wildman–Crippen MR) is 128 cm³/mol. The third-order valence-corrected chi connectivity index (χ3v) is 7.18. The molecule has 33 heavy (non-hydrogen) atoms. The highest BCUT2D eigenvalue weighted by atomic mass is 16.2. The maximum atomic E-state index is 13.0. The van der Waals surface area contributed by atoms with Gasteiger partial charge in [-0.15, -0.1) is 0 Å².